The zero-order valence-corrected chi connectivity index (χ0v) is 12.3. The molecule has 1 unspecified atom stereocenters. The lowest BCUT2D eigenvalue weighted by molar-refractivity contribution is -0.132. The van der Waals surface area contributed by atoms with Crippen molar-refractivity contribution >= 4 is 17.7 Å². The van der Waals surface area contributed by atoms with E-state index in [1.54, 1.807) is 11.8 Å². The molecule has 1 aromatic rings. The number of amides is 1. The summed E-state index contributed by atoms with van der Waals surface area (Å²) in [4.78, 5) is 15.6. The maximum atomic E-state index is 12.5. The van der Waals surface area contributed by atoms with Gasteiger partial charge in [-0.15, -0.1) is 11.8 Å². The monoisotopic (exact) mass is 276 g/mol. The molecule has 1 spiro atoms. The number of hydrogen-bond donors (Lipinski definition) is 1. The topological polar surface area (TPSA) is 32.3 Å². The van der Waals surface area contributed by atoms with Crippen molar-refractivity contribution < 1.29 is 4.79 Å². The van der Waals surface area contributed by atoms with Gasteiger partial charge in [0.15, 0.2) is 0 Å². The fraction of sp³-hybridized carbons (Fsp3) is 0.533. The molecule has 1 saturated heterocycles. The molecule has 4 heteroatoms. The van der Waals surface area contributed by atoms with Crippen molar-refractivity contribution in [2.75, 3.05) is 13.3 Å². The van der Waals surface area contributed by atoms with Gasteiger partial charge >= 0.3 is 0 Å². The Kier molecular flexibility index (Phi) is 3.31. The summed E-state index contributed by atoms with van der Waals surface area (Å²) in [6.45, 7) is 0. The largest absolute Gasteiger partial charge is 0.324 e. The average Bonchev–Trinajstić information content (AvgIpc) is 3.01. The fourth-order valence-corrected chi connectivity index (χ4v) is 3.71. The number of carbonyl (C=O) groups excluding carboxylic acids is 1. The molecular weight excluding hydrogens is 256 g/mol. The second kappa shape index (κ2) is 4.84. The summed E-state index contributed by atoms with van der Waals surface area (Å²) in [5, 5.41) is 3.59. The average molecular weight is 276 g/mol. The van der Waals surface area contributed by atoms with Crippen molar-refractivity contribution in [3.05, 3.63) is 29.8 Å². The van der Waals surface area contributed by atoms with Gasteiger partial charge in [0.25, 0.3) is 0 Å². The Balaban J connectivity index is 1.87. The number of thioether (sulfide) groups is 1. The molecule has 1 amide bonds. The Labute approximate surface area is 118 Å². The molecule has 1 aromatic carbocycles. The summed E-state index contributed by atoms with van der Waals surface area (Å²) in [5.74, 6) is 0.268. The predicted molar refractivity (Wildman–Crippen MR) is 78.1 cm³/mol. The van der Waals surface area contributed by atoms with Crippen LogP contribution in [0.2, 0.25) is 0 Å². The number of nitrogens with one attached hydrogen (secondary N) is 1. The summed E-state index contributed by atoms with van der Waals surface area (Å²) >= 11 is 1.74. The normalized spacial score (nSPS) is 25.5. The summed E-state index contributed by atoms with van der Waals surface area (Å²) in [6, 6.07) is 8.50. The van der Waals surface area contributed by atoms with Crippen molar-refractivity contribution in [1.29, 1.82) is 0 Å². The summed E-state index contributed by atoms with van der Waals surface area (Å²) < 4.78 is 0. The molecule has 0 bridgehead atoms. The van der Waals surface area contributed by atoms with E-state index < -0.39 is 0 Å². The number of rotatable bonds is 2. The van der Waals surface area contributed by atoms with Crippen LogP contribution in [0.15, 0.2) is 29.2 Å². The minimum Gasteiger partial charge on any atom is -0.324 e. The first-order chi connectivity index (χ1) is 9.16. The third kappa shape index (κ3) is 2.07. The van der Waals surface area contributed by atoms with Gasteiger partial charge in [-0.1, -0.05) is 25.0 Å². The first kappa shape index (κ1) is 13.0. The highest BCUT2D eigenvalue weighted by Crippen LogP contribution is 2.40. The van der Waals surface area contributed by atoms with Crippen molar-refractivity contribution in [3.63, 3.8) is 0 Å². The van der Waals surface area contributed by atoms with Gasteiger partial charge in [0.1, 0.15) is 6.17 Å². The molecule has 3 rings (SSSR count). The van der Waals surface area contributed by atoms with Gasteiger partial charge in [0.05, 0.1) is 5.54 Å². The molecule has 2 fully saturated rings. The van der Waals surface area contributed by atoms with Crippen LogP contribution in [0.25, 0.3) is 0 Å². The standard InChI is InChI=1S/C15H20N2OS/c1-17-13(11-5-7-12(19-2)8-6-11)16-15(14(17)18)9-3-4-10-15/h5-8,13,16H,3-4,9-10H2,1-2H3. The molecule has 3 nitrogen and oxygen atoms in total. The van der Waals surface area contributed by atoms with Crippen LogP contribution in [-0.4, -0.2) is 29.6 Å². The van der Waals surface area contributed by atoms with Crippen LogP contribution in [0.3, 0.4) is 0 Å². The van der Waals surface area contributed by atoms with Crippen LogP contribution in [-0.2, 0) is 4.79 Å². The van der Waals surface area contributed by atoms with E-state index in [0.717, 1.165) is 25.7 Å². The van der Waals surface area contributed by atoms with Crippen LogP contribution in [0.4, 0.5) is 0 Å². The number of benzene rings is 1. The van der Waals surface area contributed by atoms with E-state index in [1.165, 1.54) is 10.5 Å². The minimum absolute atomic E-state index is 0.0292. The Hall–Kier alpha value is -1.00. The molecule has 1 heterocycles. The van der Waals surface area contributed by atoms with Gasteiger partial charge < -0.3 is 4.90 Å². The van der Waals surface area contributed by atoms with Gasteiger partial charge in [-0.3, -0.25) is 10.1 Å². The third-order valence-corrected chi connectivity index (χ3v) is 5.16. The van der Waals surface area contributed by atoms with E-state index in [9.17, 15) is 4.79 Å². The van der Waals surface area contributed by atoms with Gasteiger partial charge in [-0.2, -0.15) is 0 Å². The van der Waals surface area contributed by atoms with E-state index in [4.69, 9.17) is 0 Å². The van der Waals surface area contributed by atoms with E-state index in [1.807, 2.05) is 11.9 Å². The second-order valence-electron chi connectivity index (χ2n) is 5.53. The quantitative estimate of drug-likeness (QED) is 0.843. The zero-order chi connectivity index (χ0) is 13.5. The van der Waals surface area contributed by atoms with E-state index in [0.29, 0.717) is 0 Å². The maximum absolute atomic E-state index is 12.5. The molecule has 19 heavy (non-hydrogen) atoms. The second-order valence-corrected chi connectivity index (χ2v) is 6.40. The highest BCUT2D eigenvalue weighted by molar-refractivity contribution is 7.98. The number of nitrogens with zero attached hydrogens (tertiary/aromatic N) is 1. The first-order valence-corrected chi connectivity index (χ1v) is 8.08. The summed E-state index contributed by atoms with van der Waals surface area (Å²) in [7, 11) is 1.91. The number of likely N-dealkylation sites (N-methyl/N-ethyl adjacent to an activating group) is 1. The third-order valence-electron chi connectivity index (χ3n) is 4.42. The van der Waals surface area contributed by atoms with Crippen molar-refractivity contribution in [3.8, 4) is 0 Å². The smallest absolute Gasteiger partial charge is 0.244 e. The lowest BCUT2D eigenvalue weighted by Crippen LogP contribution is -2.43. The van der Waals surface area contributed by atoms with Crippen LogP contribution in [0.5, 0.6) is 0 Å². The Morgan fingerprint density at radius 1 is 1.26 bits per heavy atom. The van der Waals surface area contributed by atoms with Crippen LogP contribution in [0, 0.1) is 0 Å². The van der Waals surface area contributed by atoms with Crippen molar-refractivity contribution in [2.45, 2.75) is 42.3 Å². The molecule has 102 valence electrons. The van der Waals surface area contributed by atoms with E-state index in [-0.39, 0.29) is 17.6 Å². The maximum Gasteiger partial charge on any atom is 0.244 e. The van der Waals surface area contributed by atoms with Crippen molar-refractivity contribution in [1.82, 2.24) is 10.2 Å². The van der Waals surface area contributed by atoms with Gasteiger partial charge in [-0.25, -0.2) is 0 Å². The Morgan fingerprint density at radius 3 is 2.47 bits per heavy atom. The Morgan fingerprint density at radius 2 is 1.89 bits per heavy atom. The van der Waals surface area contributed by atoms with Crippen molar-refractivity contribution in [2.24, 2.45) is 0 Å². The predicted octanol–water partition coefficient (Wildman–Crippen LogP) is 2.78. The lowest BCUT2D eigenvalue weighted by atomic mass is 9.98. The molecule has 0 aromatic heterocycles. The van der Waals surface area contributed by atoms with Crippen LogP contribution < -0.4 is 5.32 Å². The zero-order valence-electron chi connectivity index (χ0n) is 11.5. The molecule has 2 aliphatic rings. The fourth-order valence-electron chi connectivity index (χ4n) is 3.31. The van der Waals surface area contributed by atoms with E-state index in [2.05, 4.69) is 35.8 Å². The lowest BCUT2D eigenvalue weighted by Gasteiger charge is -2.21. The number of hydrogen-bond acceptors (Lipinski definition) is 3. The summed E-state index contributed by atoms with van der Waals surface area (Å²) in [6.07, 6.45) is 6.38. The van der Waals surface area contributed by atoms with Gasteiger partial charge in [0.2, 0.25) is 5.91 Å². The molecule has 0 radical (unpaired) electrons. The number of carbonyl (C=O) groups is 1. The molecule has 1 saturated carbocycles. The van der Waals surface area contributed by atoms with Crippen LogP contribution >= 0.6 is 11.8 Å². The summed E-state index contributed by atoms with van der Waals surface area (Å²) in [5.41, 5.74) is 0.898. The molecule has 1 aliphatic carbocycles. The minimum atomic E-state index is -0.280. The van der Waals surface area contributed by atoms with Gasteiger partial charge in [0, 0.05) is 11.9 Å². The van der Waals surface area contributed by atoms with Crippen LogP contribution in [0.1, 0.15) is 37.4 Å². The highest BCUT2D eigenvalue weighted by Gasteiger charge is 2.51. The van der Waals surface area contributed by atoms with E-state index >= 15 is 0 Å². The Bertz CT molecular complexity index is 479. The molecule has 1 aliphatic heterocycles. The first-order valence-electron chi connectivity index (χ1n) is 6.85. The molecular formula is C15H20N2OS. The highest BCUT2D eigenvalue weighted by atomic mass is 32.2. The SMILES string of the molecule is CSc1ccc(C2NC3(CCCC3)C(=O)N2C)cc1. The molecule has 1 atom stereocenters. The molecule has 1 N–H and O–H groups in total. The van der Waals surface area contributed by atoms with Gasteiger partial charge in [-0.05, 0) is 36.8 Å².